The Morgan fingerprint density at radius 2 is 2.09 bits per heavy atom. The SMILES string of the molecule is C[C@H](CO)Oc1cc(F)ccc1CCCNC(=O)OC(C)(C)C. The summed E-state index contributed by atoms with van der Waals surface area (Å²) in [5.41, 5.74) is 0.306. The van der Waals surface area contributed by atoms with Gasteiger partial charge in [-0.15, -0.1) is 0 Å². The largest absolute Gasteiger partial charge is 0.488 e. The van der Waals surface area contributed by atoms with Crippen molar-refractivity contribution in [3.63, 3.8) is 0 Å². The number of aryl methyl sites for hydroxylation is 1. The van der Waals surface area contributed by atoms with Gasteiger partial charge in [-0.2, -0.15) is 0 Å². The first-order chi connectivity index (χ1) is 10.7. The topological polar surface area (TPSA) is 67.8 Å². The van der Waals surface area contributed by atoms with Crippen LogP contribution in [0.2, 0.25) is 0 Å². The van der Waals surface area contributed by atoms with Gasteiger partial charge in [0.2, 0.25) is 0 Å². The second-order valence-corrected chi connectivity index (χ2v) is 6.40. The Bertz CT molecular complexity index is 514. The quantitative estimate of drug-likeness (QED) is 0.755. The summed E-state index contributed by atoms with van der Waals surface area (Å²) in [6, 6.07) is 4.33. The Hall–Kier alpha value is -1.82. The molecule has 1 aromatic rings. The van der Waals surface area contributed by atoms with E-state index in [9.17, 15) is 9.18 Å². The van der Waals surface area contributed by atoms with Gasteiger partial charge in [-0.1, -0.05) is 6.07 Å². The molecule has 5 nitrogen and oxygen atoms in total. The molecule has 0 aromatic heterocycles. The highest BCUT2D eigenvalue weighted by Crippen LogP contribution is 2.22. The fraction of sp³-hybridized carbons (Fsp3) is 0.588. The normalized spacial score (nSPS) is 12.6. The van der Waals surface area contributed by atoms with E-state index >= 15 is 0 Å². The molecule has 0 aliphatic carbocycles. The fourth-order valence-electron chi connectivity index (χ4n) is 1.88. The molecule has 2 N–H and O–H groups in total. The summed E-state index contributed by atoms with van der Waals surface area (Å²) in [6.45, 7) is 7.42. The number of halogens is 1. The lowest BCUT2D eigenvalue weighted by molar-refractivity contribution is 0.0527. The average molecular weight is 327 g/mol. The molecule has 0 saturated heterocycles. The van der Waals surface area contributed by atoms with E-state index in [1.165, 1.54) is 12.1 Å². The summed E-state index contributed by atoms with van der Waals surface area (Å²) in [5, 5.41) is 11.7. The van der Waals surface area contributed by atoms with Crippen LogP contribution in [0, 0.1) is 5.82 Å². The van der Waals surface area contributed by atoms with Crippen molar-refractivity contribution in [2.24, 2.45) is 0 Å². The van der Waals surface area contributed by atoms with E-state index in [0.717, 1.165) is 5.56 Å². The number of hydrogen-bond acceptors (Lipinski definition) is 4. The van der Waals surface area contributed by atoms with Gasteiger partial charge in [0, 0.05) is 12.6 Å². The van der Waals surface area contributed by atoms with Gasteiger partial charge < -0.3 is 19.9 Å². The maximum absolute atomic E-state index is 13.3. The third-order valence-electron chi connectivity index (χ3n) is 2.91. The molecule has 1 atom stereocenters. The van der Waals surface area contributed by atoms with Gasteiger partial charge in [0.05, 0.1) is 6.61 Å². The molecule has 1 rings (SSSR count). The molecular formula is C17H26FNO4. The van der Waals surface area contributed by atoms with E-state index in [1.54, 1.807) is 33.8 Å². The highest BCUT2D eigenvalue weighted by atomic mass is 19.1. The summed E-state index contributed by atoms with van der Waals surface area (Å²) < 4.78 is 24.0. The van der Waals surface area contributed by atoms with Crippen LogP contribution < -0.4 is 10.1 Å². The number of alkyl carbamates (subject to hydrolysis) is 1. The number of rotatable bonds is 7. The van der Waals surface area contributed by atoms with E-state index in [2.05, 4.69) is 5.32 Å². The number of hydrogen-bond donors (Lipinski definition) is 2. The van der Waals surface area contributed by atoms with E-state index in [0.29, 0.717) is 25.1 Å². The molecule has 0 unspecified atom stereocenters. The van der Waals surface area contributed by atoms with Crippen LogP contribution in [0.3, 0.4) is 0 Å². The Morgan fingerprint density at radius 1 is 1.39 bits per heavy atom. The van der Waals surface area contributed by atoms with Crippen LogP contribution in [0.4, 0.5) is 9.18 Å². The van der Waals surface area contributed by atoms with Crippen LogP contribution in [0.1, 0.15) is 39.7 Å². The fourth-order valence-corrected chi connectivity index (χ4v) is 1.88. The second-order valence-electron chi connectivity index (χ2n) is 6.40. The lowest BCUT2D eigenvalue weighted by Crippen LogP contribution is -2.33. The minimum absolute atomic E-state index is 0.143. The number of carbonyl (C=O) groups excluding carboxylic acids is 1. The zero-order valence-corrected chi connectivity index (χ0v) is 14.2. The Labute approximate surface area is 136 Å². The first kappa shape index (κ1) is 19.2. The predicted octanol–water partition coefficient (Wildman–Crippen LogP) is 3.04. The van der Waals surface area contributed by atoms with Crippen molar-refractivity contribution in [3.05, 3.63) is 29.6 Å². The van der Waals surface area contributed by atoms with Crippen LogP contribution >= 0.6 is 0 Å². The van der Waals surface area contributed by atoms with Crippen molar-refractivity contribution in [1.82, 2.24) is 5.32 Å². The number of ether oxygens (including phenoxy) is 2. The standard InChI is InChI=1S/C17H26FNO4/c1-12(11-20)22-15-10-14(18)8-7-13(15)6-5-9-19-16(21)23-17(2,3)4/h7-8,10,12,20H,5-6,9,11H2,1-4H3,(H,19,21)/t12-/m1/s1. The summed E-state index contributed by atoms with van der Waals surface area (Å²) in [4.78, 5) is 11.5. The van der Waals surface area contributed by atoms with Gasteiger partial charge in [0.1, 0.15) is 23.3 Å². The molecule has 0 saturated carbocycles. The molecule has 1 amide bonds. The number of amides is 1. The van der Waals surface area contributed by atoms with Gasteiger partial charge >= 0.3 is 6.09 Å². The zero-order valence-electron chi connectivity index (χ0n) is 14.2. The summed E-state index contributed by atoms with van der Waals surface area (Å²) in [6.07, 6.45) is 0.413. The van der Waals surface area contributed by atoms with Gasteiger partial charge in [0.15, 0.2) is 0 Å². The molecule has 0 bridgehead atoms. The van der Waals surface area contributed by atoms with Crippen molar-refractivity contribution in [3.8, 4) is 5.75 Å². The van der Waals surface area contributed by atoms with Crippen molar-refractivity contribution < 1.29 is 23.8 Å². The third kappa shape index (κ3) is 7.83. The minimum atomic E-state index is -0.525. The Balaban J connectivity index is 2.50. The smallest absolute Gasteiger partial charge is 0.407 e. The Kier molecular flexibility index (Phi) is 7.29. The number of nitrogens with one attached hydrogen (secondary N) is 1. The van der Waals surface area contributed by atoms with Crippen LogP contribution in [0.25, 0.3) is 0 Å². The Morgan fingerprint density at radius 3 is 2.70 bits per heavy atom. The molecule has 0 aliphatic heterocycles. The van der Waals surface area contributed by atoms with Crippen LogP contribution in [-0.2, 0) is 11.2 Å². The molecule has 0 heterocycles. The van der Waals surface area contributed by atoms with Gasteiger partial charge in [-0.05, 0) is 52.2 Å². The van der Waals surface area contributed by atoms with E-state index < -0.39 is 17.8 Å². The lowest BCUT2D eigenvalue weighted by atomic mass is 10.1. The van der Waals surface area contributed by atoms with Gasteiger partial charge in [0.25, 0.3) is 0 Å². The molecule has 0 spiro atoms. The van der Waals surface area contributed by atoms with Crippen molar-refractivity contribution >= 4 is 6.09 Å². The molecular weight excluding hydrogens is 301 g/mol. The summed E-state index contributed by atoms with van der Waals surface area (Å²) in [5.74, 6) is 0.0320. The van der Waals surface area contributed by atoms with E-state index in [1.807, 2.05) is 0 Å². The number of benzene rings is 1. The number of carbonyl (C=O) groups is 1. The predicted molar refractivity (Wildman–Crippen MR) is 86.1 cm³/mol. The molecule has 0 aliphatic rings. The van der Waals surface area contributed by atoms with Gasteiger partial charge in [-0.3, -0.25) is 0 Å². The van der Waals surface area contributed by atoms with E-state index in [-0.39, 0.29) is 12.4 Å². The van der Waals surface area contributed by atoms with Gasteiger partial charge in [-0.25, -0.2) is 9.18 Å². The van der Waals surface area contributed by atoms with Crippen LogP contribution in [0.5, 0.6) is 5.75 Å². The molecule has 130 valence electrons. The first-order valence-corrected chi connectivity index (χ1v) is 7.74. The van der Waals surface area contributed by atoms with Crippen molar-refractivity contribution in [2.45, 2.75) is 52.2 Å². The maximum atomic E-state index is 13.3. The second kappa shape index (κ2) is 8.72. The summed E-state index contributed by atoms with van der Waals surface area (Å²) >= 11 is 0. The molecule has 0 fully saturated rings. The molecule has 23 heavy (non-hydrogen) atoms. The zero-order chi connectivity index (χ0) is 17.5. The lowest BCUT2D eigenvalue weighted by Gasteiger charge is -2.19. The van der Waals surface area contributed by atoms with Crippen molar-refractivity contribution in [1.29, 1.82) is 0 Å². The highest BCUT2D eigenvalue weighted by molar-refractivity contribution is 5.67. The summed E-state index contributed by atoms with van der Waals surface area (Å²) in [7, 11) is 0. The van der Waals surface area contributed by atoms with Crippen LogP contribution in [-0.4, -0.2) is 36.1 Å². The number of aliphatic hydroxyl groups excluding tert-OH is 1. The molecule has 1 aromatic carbocycles. The first-order valence-electron chi connectivity index (χ1n) is 7.74. The number of aliphatic hydroxyl groups is 1. The monoisotopic (exact) mass is 327 g/mol. The maximum Gasteiger partial charge on any atom is 0.407 e. The molecule has 0 radical (unpaired) electrons. The molecule has 6 heteroatoms. The third-order valence-corrected chi connectivity index (χ3v) is 2.91. The highest BCUT2D eigenvalue weighted by Gasteiger charge is 2.15. The minimum Gasteiger partial charge on any atom is -0.488 e. The average Bonchev–Trinajstić information content (AvgIpc) is 2.43. The van der Waals surface area contributed by atoms with Crippen molar-refractivity contribution in [2.75, 3.05) is 13.2 Å². The van der Waals surface area contributed by atoms with E-state index in [4.69, 9.17) is 14.6 Å². The van der Waals surface area contributed by atoms with Crippen LogP contribution in [0.15, 0.2) is 18.2 Å².